The van der Waals surface area contributed by atoms with Crippen LogP contribution in [0.1, 0.15) is 61.1 Å². The van der Waals surface area contributed by atoms with Crippen LogP contribution in [0.4, 0.5) is 5.69 Å². The van der Waals surface area contributed by atoms with Crippen molar-refractivity contribution < 1.29 is 14.6 Å². The van der Waals surface area contributed by atoms with Gasteiger partial charge in [0, 0.05) is 64.4 Å². The lowest BCUT2D eigenvalue weighted by Crippen LogP contribution is -2.53. The molecule has 1 saturated carbocycles. The molecule has 1 aromatic carbocycles. The van der Waals surface area contributed by atoms with E-state index in [1.807, 2.05) is 41.9 Å². The Morgan fingerprint density at radius 2 is 1.77 bits per heavy atom. The Kier molecular flexibility index (Phi) is 7.81. The number of ether oxygens (including phenoxy) is 1. The van der Waals surface area contributed by atoms with E-state index < -0.39 is 5.97 Å². The number of nitrogens with zero attached hydrogens (tertiary/aromatic N) is 6. The standard InChI is InChI=1S/C30H40N6O3/c1-2-39-20-19-33-15-17-34(18-16-33)23-11-13-35(14-12-23)26-21-25(30(37)38)31-29-27(26)28(22-7-6-8-22)32-36(29)24-9-4-3-5-10-24/h3-5,9-10,21-23H,2,6-8,11-20H2,1H3,(H,37,38). The molecule has 2 aliphatic heterocycles. The molecule has 1 aliphatic carbocycles. The molecule has 9 nitrogen and oxygen atoms in total. The van der Waals surface area contributed by atoms with Crippen molar-refractivity contribution in [2.24, 2.45) is 0 Å². The lowest BCUT2D eigenvalue weighted by atomic mass is 9.82. The van der Waals surface area contributed by atoms with E-state index in [1.54, 1.807) is 6.07 Å². The fourth-order valence-corrected chi connectivity index (χ4v) is 6.36. The normalized spacial score (nSPS) is 20.0. The Hall–Kier alpha value is -3.01. The van der Waals surface area contributed by atoms with E-state index in [2.05, 4.69) is 19.7 Å². The Morgan fingerprint density at radius 1 is 1.03 bits per heavy atom. The molecule has 208 valence electrons. The summed E-state index contributed by atoms with van der Waals surface area (Å²) in [5.74, 6) is -0.591. The van der Waals surface area contributed by atoms with Gasteiger partial charge in [0.05, 0.1) is 29.1 Å². The van der Waals surface area contributed by atoms with Crippen molar-refractivity contribution in [2.45, 2.75) is 51.0 Å². The van der Waals surface area contributed by atoms with Crippen molar-refractivity contribution in [1.82, 2.24) is 24.6 Å². The SMILES string of the molecule is CCOCCN1CCN(C2CCN(c3cc(C(=O)O)nc4c3c(C3CCC3)nn4-c3ccccc3)CC2)CC1. The monoisotopic (exact) mass is 532 g/mol. The molecule has 6 rings (SSSR count). The summed E-state index contributed by atoms with van der Waals surface area (Å²) in [7, 11) is 0. The number of hydrogen-bond donors (Lipinski definition) is 1. The first-order valence-corrected chi connectivity index (χ1v) is 14.6. The van der Waals surface area contributed by atoms with Gasteiger partial charge in [0.25, 0.3) is 0 Å². The number of fused-ring (bicyclic) bond motifs is 1. The number of pyridine rings is 1. The zero-order chi connectivity index (χ0) is 26.8. The van der Waals surface area contributed by atoms with Crippen LogP contribution in [-0.4, -0.2) is 101 Å². The van der Waals surface area contributed by atoms with Gasteiger partial charge in [-0.15, -0.1) is 0 Å². The van der Waals surface area contributed by atoms with Gasteiger partial charge in [-0.3, -0.25) is 9.80 Å². The van der Waals surface area contributed by atoms with Crippen LogP contribution in [0.15, 0.2) is 36.4 Å². The molecule has 39 heavy (non-hydrogen) atoms. The summed E-state index contributed by atoms with van der Waals surface area (Å²) >= 11 is 0. The minimum Gasteiger partial charge on any atom is -0.477 e. The maximum atomic E-state index is 12.2. The maximum absolute atomic E-state index is 12.2. The third kappa shape index (κ3) is 5.40. The van der Waals surface area contributed by atoms with Gasteiger partial charge in [0.1, 0.15) is 0 Å². The number of piperazine rings is 1. The molecule has 0 atom stereocenters. The minimum absolute atomic E-state index is 0.0834. The third-order valence-corrected chi connectivity index (χ3v) is 8.84. The molecule has 0 amide bonds. The quantitative estimate of drug-likeness (QED) is 0.414. The first-order valence-electron chi connectivity index (χ1n) is 14.6. The minimum atomic E-state index is -0.999. The van der Waals surface area contributed by atoms with Crippen molar-refractivity contribution in [3.8, 4) is 5.69 Å². The fraction of sp³-hybridized carbons (Fsp3) is 0.567. The molecular weight excluding hydrogens is 492 g/mol. The number of para-hydroxylation sites is 1. The average Bonchev–Trinajstić information content (AvgIpc) is 3.32. The highest BCUT2D eigenvalue weighted by molar-refractivity contribution is 5.98. The van der Waals surface area contributed by atoms with E-state index in [9.17, 15) is 9.90 Å². The van der Waals surface area contributed by atoms with Gasteiger partial charge in [-0.1, -0.05) is 24.6 Å². The highest BCUT2D eigenvalue weighted by atomic mass is 16.5. The molecule has 1 N–H and O–H groups in total. The summed E-state index contributed by atoms with van der Waals surface area (Å²) in [4.78, 5) is 24.4. The van der Waals surface area contributed by atoms with Crippen molar-refractivity contribution in [3.63, 3.8) is 0 Å². The van der Waals surface area contributed by atoms with Crippen LogP contribution in [0.25, 0.3) is 16.7 Å². The van der Waals surface area contributed by atoms with Crippen LogP contribution in [-0.2, 0) is 4.74 Å². The smallest absolute Gasteiger partial charge is 0.354 e. The summed E-state index contributed by atoms with van der Waals surface area (Å²) in [6.45, 7) is 10.9. The van der Waals surface area contributed by atoms with Gasteiger partial charge in [-0.05, 0) is 50.8 Å². The van der Waals surface area contributed by atoms with Crippen LogP contribution in [0, 0.1) is 0 Å². The Morgan fingerprint density at radius 3 is 2.41 bits per heavy atom. The first kappa shape index (κ1) is 26.2. The van der Waals surface area contributed by atoms with E-state index in [-0.39, 0.29) is 5.69 Å². The second-order valence-corrected chi connectivity index (χ2v) is 11.1. The molecule has 3 fully saturated rings. The molecule has 0 radical (unpaired) electrons. The molecule has 9 heteroatoms. The van der Waals surface area contributed by atoms with Crippen molar-refractivity contribution in [3.05, 3.63) is 47.8 Å². The molecule has 0 spiro atoms. The Bertz CT molecular complexity index is 1270. The van der Waals surface area contributed by atoms with Gasteiger partial charge >= 0.3 is 5.97 Å². The highest BCUT2D eigenvalue weighted by Crippen LogP contribution is 2.43. The van der Waals surface area contributed by atoms with Crippen LogP contribution < -0.4 is 4.90 Å². The lowest BCUT2D eigenvalue weighted by Gasteiger charge is -2.43. The van der Waals surface area contributed by atoms with Crippen LogP contribution in [0.3, 0.4) is 0 Å². The fourth-order valence-electron chi connectivity index (χ4n) is 6.36. The van der Waals surface area contributed by atoms with Crippen LogP contribution in [0.2, 0.25) is 0 Å². The molecule has 2 saturated heterocycles. The van der Waals surface area contributed by atoms with Gasteiger partial charge < -0.3 is 14.7 Å². The topological polar surface area (TPSA) is 87.0 Å². The van der Waals surface area contributed by atoms with E-state index >= 15 is 0 Å². The number of piperidine rings is 1. The third-order valence-electron chi connectivity index (χ3n) is 8.84. The van der Waals surface area contributed by atoms with E-state index in [1.165, 1.54) is 6.42 Å². The molecule has 0 unspecified atom stereocenters. The van der Waals surface area contributed by atoms with E-state index in [4.69, 9.17) is 9.84 Å². The molecular formula is C30H40N6O3. The number of aromatic nitrogens is 3. The molecule has 3 aliphatic rings. The Balaban J connectivity index is 1.24. The predicted molar refractivity (Wildman–Crippen MR) is 152 cm³/mol. The summed E-state index contributed by atoms with van der Waals surface area (Å²) in [6, 6.07) is 12.3. The second-order valence-electron chi connectivity index (χ2n) is 11.1. The Labute approximate surface area is 230 Å². The van der Waals surface area contributed by atoms with Crippen molar-refractivity contribution in [1.29, 1.82) is 0 Å². The van der Waals surface area contributed by atoms with Gasteiger partial charge in [-0.2, -0.15) is 5.10 Å². The highest BCUT2D eigenvalue weighted by Gasteiger charge is 2.33. The number of carboxylic acid groups (broad SMARTS) is 1. The summed E-state index contributed by atoms with van der Waals surface area (Å²) < 4.78 is 7.40. The van der Waals surface area contributed by atoms with Crippen LogP contribution in [0.5, 0.6) is 0 Å². The van der Waals surface area contributed by atoms with E-state index in [0.29, 0.717) is 17.6 Å². The molecule has 0 bridgehead atoms. The van der Waals surface area contributed by atoms with Crippen LogP contribution >= 0.6 is 0 Å². The number of benzene rings is 1. The number of carbonyl (C=O) groups is 1. The van der Waals surface area contributed by atoms with E-state index in [0.717, 1.165) is 107 Å². The maximum Gasteiger partial charge on any atom is 0.354 e. The van der Waals surface area contributed by atoms with Crippen molar-refractivity contribution >= 4 is 22.7 Å². The average molecular weight is 533 g/mol. The molecule has 2 aromatic heterocycles. The number of carboxylic acids is 1. The number of hydrogen-bond acceptors (Lipinski definition) is 7. The van der Waals surface area contributed by atoms with Crippen molar-refractivity contribution in [2.75, 3.05) is 63.9 Å². The zero-order valence-electron chi connectivity index (χ0n) is 23.0. The molecule has 3 aromatic rings. The van der Waals surface area contributed by atoms with Gasteiger partial charge in [0.15, 0.2) is 11.3 Å². The van der Waals surface area contributed by atoms with Gasteiger partial charge in [0.2, 0.25) is 0 Å². The second kappa shape index (κ2) is 11.6. The predicted octanol–water partition coefficient (Wildman–Crippen LogP) is 4.01. The summed E-state index contributed by atoms with van der Waals surface area (Å²) in [5, 5.41) is 16.1. The summed E-state index contributed by atoms with van der Waals surface area (Å²) in [5.41, 5.74) is 3.71. The number of rotatable bonds is 9. The zero-order valence-corrected chi connectivity index (χ0v) is 23.0. The summed E-state index contributed by atoms with van der Waals surface area (Å²) in [6.07, 6.45) is 5.62. The first-order chi connectivity index (χ1) is 19.1. The lowest BCUT2D eigenvalue weighted by molar-refractivity contribution is 0.0587. The molecule has 4 heterocycles. The van der Waals surface area contributed by atoms with Gasteiger partial charge in [-0.25, -0.2) is 14.5 Å². The number of anilines is 1. The largest absolute Gasteiger partial charge is 0.477 e. The number of aromatic carboxylic acids is 1.